The average molecular weight is 205 g/mol. The van der Waals surface area contributed by atoms with Gasteiger partial charge in [-0.3, -0.25) is 9.59 Å². The van der Waals surface area contributed by atoms with Gasteiger partial charge in [-0.05, 0) is 13.0 Å². The number of carboxylic acids is 2. The van der Waals surface area contributed by atoms with Crippen LogP contribution in [0.1, 0.15) is 6.42 Å². The molecule has 0 saturated heterocycles. The molecule has 0 fully saturated rings. The molecule has 0 aliphatic carbocycles. The summed E-state index contributed by atoms with van der Waals surface area (Å²) < 4.78 is 0. The standard InChI is InChI=1S/C7H15N3O4/c8-4(6(11)12)1-2-10-3-5(9)7(13)14/h4-5,10H,1-3,8-9H2,(H,11,12)(H,13,14)/t4-,5-/m0/s1. The van der Waals surface area contributed by atoms with Gasteiger partial charge in [0, 0.05) is 6.54 Å². The van der Waals surface area contributed by atoms with Crippen molar-refractivity contribution in [1.82, 2.24) is 5.32 Å². The Balaban J connectivity index is 3.47. The summed E-state index contributed by atoms with van der Waals surface area (Å²) >= 11 is 0. The van der Waals surface area contributed by atoms with Gasteiger partial charge < -0.3 is 27.0 Å². The normalized spacial score (nSPS) is 14.7. The van der Waals surface area contributed by atoms with E-state index in [0.29, 0.717) is 6.54 Å². The molecule has 7 heteroatoms. The lowest BCUT2D eigenvalue weighted by atomic mass is 10.2. The Labute approximate surface area is 81.1 Å². The van der Waals surface area contributed by atoms with Crippen LogP contribution in [0.25, 0.3) is 0 Å². The summed E-state index contributed by atoms with van der Waals surface area (Å²) in [5.74, 6) is -2.17. The lowest BCUT2D eigenvalue weighted by Crippen LogP contribution is -2.42. The monoisotopic (exact) mass is 205 g/mol. The van der Waals surface area contributed by atoms with Gasteiger partial charge in [0.1, 0.15) is 12.1 Å². The first-order valence-corrected chi connectivity index (χ1v) is 4.12. The van der Waals surface area contributed by atoms with E-state index >= 15 is 0 Å². The molecule has 0 spiro atoms. The van der Waals surface area contributed by atoms with Gasteiger partial charge in [-0.15, -0.1) is 0 Å². The van der Waals surface area contributed by atoms with Gasteiger partial charge in [-0.1, -0.05) is 0 Å². The number of aliphatic carboxylic acids is 2. The van der Waals surface area contributed by atoms with E-state index in [9.17, 15) is 9.59 Å². The topological polar surface area (TPSA) is 139 Å². The zero-order valence-corrected chi connectivity index (χ0v) is 7.64. The van der Waals surface area contributed by atoms with Crippen molar-refractivity contribution in [2.75, 3.05) is 13.1 Å². The molecule has 0 saturated carbocycles. The van der Waals surface area contributed by atoms with E-state index in [2.05, 4.69) is 5.32 Å². The van der Waals surface area contributed by atoms with Gasteiger partial charge in [0.05, 0.1) is 0 Å². The number of carboxylic acid groups (broad SMARTS) is 2. The maximum atomic E-state index is 10.3. The van der Waals surface area contributed by atoms with E-state index in [-0.39, 0.29) is 13.0 Å². The van der Waals surface area contributed by atoms with Crippen molar-refractivity contribution in [2.45, 2.75) is 18.5 Å². The Bertz CT molecular complexity index is 187. The second-order valence-electron chi connectivity index (χ2n) is 2.88. The summed E-state index contributed by atoms with van der Waals surface area (Å²) in [7, 11) is 0. The summed E-state index contributed by atoms with van der Waals surface area (Å²) in [6.07, 6.45) is 0.238. The van der Waals surface area contributed by atoms with E-state index < -0.39 is 24.0 Å². The number of hydrogen-bond acceptors (Lipinski definition) is 5. The molecular formula is C7H15N3O4. The summed E-state index contributed by atoms with van der Waals surface area (Å²) in [5, 5.41) is 19.5. The van der Waals surface area contributed by atoms with Crippen molar-refractivity contribution in [3.8, 4) is 0 Å². The minimum Gasteiger partial charge on any atom is -0.480 e. The molecule has 0 aliphatic heterocycles. The Morgan fingerprint density at radius 3 is 2.07 bits per heavy atom. The van der Waals surface area contributed by atoms with E-state index in [4.69, 9.17) is 21.7 Å². The third-order valence-corrected chi connectivity index (χ3v) is 1.63. The molecule has 0 amide bonds. The SMILES string of the molecule is N[C@@H](CCNC[C@H](N)C(=O)O)C(=O)O. The summed E-state index contributed by atoms with van der Waals surface area (Å²) in [6.45, 7) is 0.427. The predicted molar refractivity (Wildman–Crippen MR) is 48.7 cm³/mol. The Morgan fingerprint density at radius 1 is 1.14 bits per heavy atom. The van der Waals surface area contributed by atoms with Gasteiger partial charge in [0.2, 0.25) is 0 Å². The van der Waals surface area contributed by atoms with Gasteiger partial charge in [-0.2, -0.15) is 0 Å². The summed E-state index contributed by atoms with van der Waals surface area (Å²) in [5.41, 5.74) is 10.4. The molecule has 0 aromatic heterocycles. The Hall–Kier alpha value is -1.18. The molecule has 0 rings (SSSR count). The lowest BCUT2D eigenvalue weighted by Gasteiger charge is -2.09. The molecule has 7 nitrogen and oxygen atoms in total. The maximum Gasteiger partial charge on any atom is 0.321 e. The van der Waals surface area contributed by atoms with Crippen LogP contribution >= 0.6 is 0 Å². The number of nitrogens with one attached hydrogen (secondary N) is 1. The molecule has 14 heavy (non-hydrogen) atoms. The molecule has 82 valence electrons. The summed E-state index contributed by atoms with van der Waals surface area (Å²) in [6, 6.07) is -1.90. The van der Waals surface area contributed by atoms with E-state index in [1.165, 1.54) is 0 Å². The Morgan fingerprint density at radius 2 is 1.64 bits per heavy atom. The van der Waals surface area contributed by atoms with Gasteiger partial charge in [0.25, 0.3) is 0 Å². The highest BCUT2D eigenvalue weighted by Gasteiger charge is 2.12. The van der Waals surface area contributed by atoms with E-state index in [1.807, 2.05) is 0 Å². The largest absolute Gasteiger partial charge is 0.480 e. The first-order chi connectivity index (χ1) is 6.45. The Kier molecular flexibility index (Phi) is 5.77. The van der Waals surface area contributed by atoms with E-state index in [1.54, 1.807) is 0 Å². The molecule has 0 aromatic carbocycles. The lowest BCUT2D eigenvalue weighted by molar-refractivity contribution is -0.139. The molecule has 0 radical (unpaired) electrons. The van der Waals surface area contributed by atoms with Crippen molar-refractivity contribution in [1.29, 1.82) is 0 Å². The predicted octanol–water partition coefficient (Wildman–Crippen LogP) is -2.21. The summed E-state index contributed by atoms with van der Waals surface area (Å²) in [4.78, 5) is 20.5. The zero-order chi connectivity index (χ0) is 11.1. The van der Waals surface area contributed by atoms with Crippen molar-refractivity contribution >= 4 is 11.9 Å². The van der Waals surface area contributed by atoms with Gasteiger partial charge >= 0.3 is 11.9 Å². The van der Waals surface area contributed by atoms with Crippen LogP contribution in [0.2, 0.25) is 0 Å². The maximum absolute atomic E-state index is 10.3. The number of rotatable bonds is 7. The van der Waals surface area contributed by atoms with Crippen LogP contribution in [0, 0.1) is 0 Å². The van der Waals surface area contributed by atoms with Gasteiger partial charge in [0.15, 0.2) is 0 Å². The highest BCUT2D eigenvalue weighted by atomic mass is 16.4. The minimum atomic E-state index is -1.10. The van der Waals surface area contributed by atoms with Crippen LogP contribution < -0.4 is 16.8 Å². The van der Waals surface area contributed by atoms with Crippen molar-refractivity contribution in [3.63, 3.8) is 0 Å². The smallest absolute Gasteiger partial charge is 0.321 e. The van der Waals surface area contributed by atoms with Crippen LogP contribution in [-0.4, -0.2) is 47.3 Å². The van der Waals surface area contributed by atoms with Crippen LogP contribution in [0.15, 0.2) is 0 Å². The second-order valence-corrected chi connectivity index (χ2v) is 2.88. The van der Waals surface area contributed by atoms with Crippen LogP contribution in [-0.2, 0) is 9.59 Å². The first-order valence-electron chi connectivity index (χ1n) is 4.12. The average Bonchev–Trinajstić information content (AvgIpc) is 2.11. The molecule has 7 N–H and O–H groups in total. The fourth-order valence-corrected chi connectivity index (χ4v) is 0.726. The minimum absolute atomic E-state index is 0.0989. The van der Waals surface area contributed by atoms with Crippen molar-refractivity contribution in [2.24, 2.45) is 11.5 Å². The van der Waals surface area contributed by atoms with Crippen LogP contribution in [0.5, 0.6) is 0 Å². The number of hydrogen-bond donors (Lipinski definition) is 5. The highest BCUT2D eigenvalue weighted by Crippen LogP contribution is 1.86. The second kappa shape index (κ2) is 6.30. The zero-order valence-electron chi connectivity index (χ0n) is 7.64. The third-order valence-electron chi connectivity index (χ3n) is 1.63. The number of nitrogens with two attached hydrogens (primary N) is 2. The van der Waals surface area contributed by atoms with Crippen LogP contribution in [0.4, 0.5) is 0 Å². The quantitative estimate of drug-likeness (QED) is 0.297. The highest BCUT2D eigenvalue weighted by molar-refractivity contribution is 5.73. The fourth-order valence-electron chi connectivity index (χ4n) is 0.726. The van der Waals surface area contributed by atoms with Crippen LogP contribution in [0.3, 0.4) is 0 Å². The molecule has 0 bridgehead atoms. The third kappa shape index (κ3) is 5.46. The number of carbonyl (C=O) groups is 2. The molecule has 0 unspecified atom stereocenters. The van der Waals surface area contributed by atoms with Crippen molar-refractivity contribution in [3.05, 3.63) is 0 Å². The molecule has 0 aromatic rings. The molecule has 2 atom stereocenters. The van der Waals surface area contributed by atoms with Gasteiger partial charge in [-0.25, -0.2) is 0 Å². The molecular weight excluding hydrogens is 190 g/mol. The van der Waals surface area contributed by atoms with Crippen molar-refractivity contribution < 1.29 is 19.8 Å². The molecule has 0 heterocycles. The first kappa shape index (κ1) is 12.8. The van der Waals surface area contributed by atoms with E-state index in [0.717, 1.165) is 0 Å². The molecule has 0 aliphatic rings. The fraction of sp³-hybridized carbons (Fsp3) is 0.714.